The molecule has 0 aliphatic rings. The van der Waals surface area contributed by atoms with E-state index in [1.165, 1.54) is 12.1 Å². The molecule has 0 spiro atoms. The van der Waals surface area contributed by atoms with Gasteiger partial charge in [0.05, 0.1) is 11.5 Å². The van der Waals surface area contributed by atoms with Gasteiger partial charge in [-0.2, -0.15) is 0 Å². The second-order valence-electron chi connectivity index (χ2n) is 3.27. The zero-order valence-electron chi connectivity index (χ0n) is 9.13. The number of methoxy groups -OCH3 is 1. The fourth-order valence-corrected chi connectivity index (χ4v) is 2.14. The average Bonchev–Trinajstić information content (AvgIpc) is 2.23. The van der Waals surface area contributed by atoms with Gasteiger partial charge in [-0.05, 0) is 30.7 Å². The van der Waals surface area contributed by atoms with E-state index in [2.05, 4.69) is 0 Å². The van der Waals surface area contributed by atoms with Crippen LogP contribution in [0.15, 0.2) is 17.0 Å². The highest BCUT2D eigenvalue weighted by atomic mass is 32.2. The lowest BCUT2D eigenvalue weighted by Crippen LogP contribution is -2.04. The van der Waals surface area contributed by atoms with Crippen LogP contribution in [-0.2, 0) is 11.2 Å². The summed E-state index contributed by atoms with van der Waals surface area (Å²) < 4.78 is 31.9. The summed E-state index contributed by atoms with van der Waals surface area (Å²) in [7, 11) is 1.55. The molecule has 0 unspecified atom stereocenters. The number of nitrogens with two attached hydrogens (primary N) is 1. The Bertz CT molecular complexity index is 324. The highest BCUT2D eigenvalue weighted by Crippen LogP contribution is 2.26. The zero-order chi connectivity index (χ0) is 12.0. The van der Waals surface area contributed by atoms with Gasteiger partial charge in [0, 0.05) is 12.9 Å². The molecule has 0 fully saturated rings. The van der Waals surface area contributed by atoms with E-state index in [1.54, 1.807) is 7.11 Å². The maximum atomic E-state index is 13.5. The number of rotatable bonds is 6. The van der Waals surface area contributed by atoms with Crippen LogP contribution in [0.1, 0.15) is 5.56 Å². The first-order chi connectivity index (χ1) is 7.69. The number of hydrogen-bond donors (Lipinski definition) is 1. The van der Waals surface area contributed by atoms with Crippen molar-refractivity contribution in [2.45, 2.75) is 11.3 Å². The van der Waals surface area contributed by atoms with Gasteiger partial charge in [-0.1, -0.05) is 0 Å². The van der Waals surface area contributed by atoms with Crippen LogP contribution in [-0.4, -0.2) is 26.0 Å². The van der Waals surface area contributed by atoms with E-state index in [0.717, 1.165) is 11.8 Å². The van der Waals surface area contributed by atoms with Crippen LogP contribution in [0.25, 0.3) is 0 Å². The van der Waals surface area contributed by atoms with Crippen molar-refractivity contribution in [1.82, 2.24) is 0 Å². The van der Waals surface area contributed by atoms with Crippen molar-refractivity contribution in [3.8, 4) is 0 Å². The predicted octanol–water partition coefficient (Wildman–Crippen LogP) is 2.20. The Balaban J connectivity index is 2.77. The lowest BCUT2D eigenvalue weighted by atomic mass is 10.1. The number of ether oxygens (including phenoxy) is 1. The Hall–Kier alpha value is -0.650. The van der Waals surface area contributed by atoms with Gasteiger partial charge in [0.15, 0.2) is 0 Å². The Labute approximate surface area is 98.2 Å². The quantitative estimate of drug-likeness (QED) is 0.618. The van der Waals surface area contributed by atoms with Crippen molar-refractivity contribution in [2.75, 3.05) is 26.0 Å². The summed E-state index contributed by atoms with van der Waals surface area (Å²) in [6.07, 6.45) is 0.483. The largest absolute Gasteiger partial charge is 0.384 e. The third kappa shape index (κ3) is 3.73. The molecule has 0 heterocycles. The molecular weight excluding hydrogens is 232 g/mol. The summed E-state index contributed by atoms with van der Waals surface area (Å²) in [5.41, 5.74) is 5.92. The third-order valence-corrected chi connectivity index (χ3v) is 3.07. The molecule has 5 heteroatoms. The van der Waals surface area contributed by atoms with Crippen molar-refractivity contribution in [2.24, 2.45) is 5.73 Å². The van der Waals surface area contributed by atoms with Crippen LogP contribution in [0.2, 0.25) is 0 Å². The molecule has 0 saturated heterocycles. The smallest absolute Gasteiger partial charge is 0.140 e. The topological polar surface area (TPSA) is 35.2 Å². The Morgan fingerprint density at radius 1 is 1.31 bits per heavy atom. The second-order valence-corrected chi connectivity index (χ2v) is 4.37. The molecule has 2 N–H and O–H groups in total. The fourth-order valence-electron chi connectivity index (χ4n) is 1.29. The van der Waals surface area contributed by atoms with Crippen molar-refractivity contribution < 1.29 is 13.5 Å². The lowest BCUT2D eigenvalue weighted by molar-refractivity contribution is 0.218. The second kappa shape index (κ2) is 6.83. The van der Waals surface area contributed by atoms with Gasteiger partial charge in [-0.25, -0.2) is 8.78 Å². The van der Waals surface area contributed by atoms with E-state index < -0.39 is 11.6 Å². The molecule has 0 aliphatic carbocycles. The van der Waals surface area contributed by atoms with Crippen molar-refractivity contribution in [1.29, 1.82) is 0 Å². The van der Waals surface area contributed by atoms with Gasteiger partial charge in [0.25, 0.3) is 0 Å². The molecular formula is C11H15F2NOS. The molecule has 0 bridgehead atoms. The van der Waals surface area contributed by atoms with Gasteiger partial charge in [0.2, 0.25) is 0 Å². The predicted molar refractivity (Wildman–Crippen MR) is 61.7 cm³/mol. The van der Waals surface area contributed by atoms with Gasteiger partial charge in [-0.3, -0.25) is 0 Å². The molecule has 0 aromatic heterocycles. The molecule has 16 heavy (non-hydrogen) atoms. The molecule has 0 aliphatic heterocycles. The summed E-state index contributed by atoms with van der Waals surface area (Å²) in [6, 6.07) is 2.68. The van der Waals surface area contributed by atoms with Crippen LogP contribution in [0.5, 0.6) is 0 Å². The fraction of sp³-hybridized carbons (Fsp3) is 0.455. The van der Waals surface area contributed by atoms with Crippen LogP contribution in [0, 0.1) is 11.6 Å². The maximum Gasteiger partial charge on any atom is 0.140 e. The van der Waals surface area contributed by atoms with E-state index in [4.69, 9.17) is 10.5 Å². The first-order valence-electron chi connectivity index (χ1n) is 4.98. The van der Waals surface area contributed by atoms with Crippen LogP contribution in [0.4, 0.5) is 8.78 Å². The van der Waals surface area contributed by atoms with Crippen molar-refractivity contribution >= 4 is 11.8 Å². The Kier molecular flexibility index (Phi) is 5.73. The zero-order valence-corrected chi connectivity index (χ0v) is 9.95. The Morgan fingerprint density at radius 3 is 2.44 bits per heavy atom. The minimum atomic E-state index is -0.524. The number of halogens is 2. The summed E-state index contributed by atoms with van der Waals surface area (Å²) in [4.78, 5) is 0.0535. The lowest BCUT2D eigenvalue weighted by Gasteiger charge is -2.07. The minimum Gasteiger partial charge on any atom is -0.384 e. The molecule has 0 amide bonds. The molecule has 1 rings (SSSR count). The first kappa shape index (κ1) is 13.4. The SMILES string of the molecule is COCCSc1c(F)cc(CCN)cc1F. The van der Waals surface area contributed by atoms with E-state index in [0.29, 0.717) is 30.9 Å². The van der Waals surface area contributed by atoms with E-state index >= 15 is 0 Å². The number of thioether (sulfide) groups is 1. The summed E-state index contributed by atoms with van der Waals surface area (Å²) in [6.45, 7) is 0.850. The van der Waals surface area contributed by atoms with E-state index in [1.807, 2.05) is 0 Å². The van der Waals surface area contributed by atoms with Crippen LogP contribution >= 0.6 is 11.8 Å². The van der Waals surface area contributed by atoms with Crippen molar-refractivity contribution in [3.05, 3.63) is 29.3 Å². The molecule has 0 saturated carbocycles. The molecule has 2 nitrogen and oxygen atoms in total. The minimum absolute atomic E-state index is 0.0535. The van der Waals surface area contributed by atoms with E-state index in [9.17, 15) is 8.78 Å². The van der Waals surface area contributed by atoms with Gasteiger partial charge >= 0.3 is 0 Å². The van der Waals surface area contributed by atoms with E-state index in [-0.39, 0.29) is 4.90 Å². The summed E-state index contributed by atoms with van der Waals surface area (Å²) in [5.74, 6) is -0.519. The monoisotopic (exact) mass is 247 g/mol. The Morgan fingerprint density at radius 2 is 1.94 bits per heavy atom. The molecule has 1 aromatic rings. The van der Waals surface area contributed by atoms with Crippen molar-refractivity contribution in [3.63, 3.8) is 0 Å². The highest BCUT2D eigenvalue weighted by Gasteiger charge is 2.11. The molecule has 0 atom stereocenters. The summed E-state index contributed by atoms with van der Waals surface area (Å²) >= 11 is 1.12. The maximum absolute atomic E-state index is 13.5. The average molecular weight is 247 g/mol. The normalized spacial score (nSPS) is 10.8. The van der Waals surface area contributed by atoms with Gasteiger partial charge < -0.3 is 10.5 Å². The molecule has 1 aromatic carbocycles. The van der Waals surface area contributed by atoms with Crippen LogP contribution in [0.3, 0.4) is 0 Å². The number of benzene rings is 1. The molecule has 90 valence electrons. The molecule has 0 radical (unpaired) electrons. The number of hydrogen-bond acceptors (Lipinski definition) is 3. The first-order valence-corrected chi connectivity index (χ1v) is 5.97. The standard InChI is InChI=1S/C11H15F2NOS/c1-15-4-5-16-11-9(12)6-8(2-3-14)7-10(11)13/h6-7H,2-5,14H2,1H3. The highest BCUT2D eigenvalue weighted by molar-refractivity contribution is 7.99. The summed E-state index contributed by atoms with van der Waals surface area (Å²) in [5, 5.41) is 0. The van der Waals surface area contributed by atoms with Crippen LogP contribution < -0.4 is 5.73 Å². The van der Waals surface area contributed by atoms with Gasteiger partial charge in [-0.15, -0.1) is 11.8 Å². The van der Waals surface area contributed by atoms with Gasteiger partial charge in [0.1, 0.15) is 11.6 Å². The third-order valence-electron chi connectivity index (χ3n) is 2.02.